The van der Waals surface area contributed by atoms with Crippen molar-refractivity contribution >= 4 is 34.4 Å². The number of hydrogen-bond acceptors (Lipinski definition) is 6. The number of hydrogen-bond donors (Lipinski definition) is 4. The smallest absolute Gasteiger partial charge is 0.231 e. The van der Waals surface area contributed by atoms with Crippen molar-refractivity contribution in [3.8, 4) is 11.5 Å². The first-order chi connectivity index (χ1) is 10.5. The molecule has 22 heavy (non-hydrogen) atoms. The molecule has 1 aromatic heterocycles. The number of fused-ring (bicyclic) bond motifs is 2. The third-order valence-electron chi connectivity index (χ3n) is 3.47. The van der Waals surface area contributed by atoms with Crippen LogP contribution in [-0.2, 0) is 0 Å². The van der Waals surface area contributed by atoms with Crippen molar-refractivity contribution in [2.45, 2.75) is 0 Å². The third kappa shape index (κ3) is 1.72. The molecule has 0 saturated heterocycles. The van der Waals surface area contributed by atoms with E-state index >= 15 is 0 Å². The molecule has 4 N–H and O–H groups in total. The van der Waals surface area contributed by atoms with Gasteiger partial charge in [0.2, 0.25) is 10.9 Å². The van der Waals surface area contributed by atoms with Crippen molar-refractivity contribution < 1.29 is 20.1 Å². The normalized spacial score (nSPS) is 12.1. The van der Waals surface area contributed by atoms with Gasteiger partial charge in [0.25, 0.3) is 0 Å². The number of pyridine rings is 1. The maximum absolute atomic E-state index is 12.0. The van der Waals surface area contributed by atoms with Gasteiger partial charge in [0.15, 0.2) is 17.8 Å². The molecule has 0 unspecified atom stereocenters. The maximum atomic E-state index is 12.0. The summed E-state index contributed by atoms with van der Waals surface area (Å²) in [6.45, 7) is 0. The van der Waals surface area contributed by atoms with Gasteiger partial charge in [-0.1, -0.05) is 0 Å². The Balaban J connectivity index is 2.61. The number of phenols is 2. The maximum Gasteiger partial charge on any atom is 0.231 e. The zero-order chi connectivity index (χ0) is 16.0. The van der Waals surface area contributed by atoms with Gasteiger partial charge in [-0.25, -0.2) is 0 Å². The number of aromatic hydroxyl groups is 2. The van der Waals surface area contributed by atoms with Crippen molar-refractivity contribution in [3.63, 3.8) is 0 Å². The van der Waals surface area contributed by atoms with Crippen LogP contribution >= 0.6 is 0 Å². The Hall–Kier alpha value is -3.35. The van der Waals surface area contributed by atoms with E-state index in [1.54, 1.807) is 0 Å². The number of rotatable bonds is 1. The molecule has 0 atom stereocenters. The number of aromatic nitrogens is 1. The topological polar surface area (TPSA) is 128 Å². The summed E-state index contributed by atoms with van der Waals surface area (Å²) in [4.78, 5) is 37.5. The van der Waals surface area contributed by atoms with Gasteiger partial charge in [0.05, 0.1) is 33.5 Å². The fraction of sp³-hybridized carbons (Fsp3) is 0. The number of nitrogens with one attached hydrogen (secondary N) is 1. The highest BCUT2D eigenvalue weighted by atomic mass is 16.3. The molecule has 0 saturated carbocycles. The molecule has 0 fully saturated rings. The summed E-state index contributed by atoms with van der Waals surface area (Å²) in [5.41, 5.74) is -1.22. The molecule has 0 spiro atoms. The van der Waals surface area contributed by atoms with Crippen molar-refractivity contribution in [1.29, 1.82) is 0 Å². The molecule has 7 nitrogen and oxygen atoms in total. The van der Waals surface area contributed by atoms with Crippen LogP contribution in [0.1, 0.15) is 10.4 Å². The van der Waals surface area contributed by atoms with E-state index in [0.29, 0.717) is 12.5 Å². The highest BCUT2D eigenvalue weighted by Gasteiger charge is 2.14. The van der Waals surface area contributed by atoms with Crippen LogP contribution in [0.2, 0.25) is 0 Å². The van der Waals surface area contributed by atoms with E-state index in [4.69, 9.17) is 5.11 Å². The van der Waals surface area contributed by atoms with Crippen molar-refractivity contribution in [1.82, 2.24) is 4.98 Å². The van der Waals surface area contributed by atoms with Crippen LogP contribution in [0.4, 0.5) is 0 Å². The number of aldehydes is 1. The minimum absolute atomic E-state index is 0.0195. The number of benzene rings is 2. The average Bonchev–Trinajstić information content (AvgIpc) is 2.53. The van der Waals surface area contributed by atoms with Crippen LogP contribution in [0.5, 0.6) is 11.5 Å². The predicted molar refractivity (Wildman–Crippen MR) is 79.4 cm³/mol. The van der Waals surface area contributed by atoms with Gasteiger partial charge in [0, 0.05) is 5.39 Å². The highest BCUT2D eigenvalue weighted by Crippen LogP contribution is 2.24. The number of carbonyl (C=O) groups excluding carboxylic acids is 1. The summed E-state index contributed by atoms with van der Waals surface area (Å²) in [6.07, 6.45) is 0.908. The molecule has 0 bridgehead atoms. The van der Waals surface area contributed by atoms with Crippen LogP contribution in [0.25, 0.3) is 28.1 Å². The Morgan fingerprint density at radius 2 is 1.59 bits per heavy atom. The lowest BCUT2D eigenvalue weighted by Crippen LogP contribution is -2.23. The first-order valence-electron chi connectivity index (χ1n) is 6.16. The number of H-pyrrole nitrogens is 1. The Morgan fingerprint density at radius 1 is 0.909 bits per heavy atom. The van der Waals surface area contributed by atoms with E-state index < -0.39 is 22.4 Å². The van der Waals surface area contributed by atoms with E-state index in [0.717, 1.165) is 0 Å². The quantitative estimate of drug-likeness (QED) is 0.377. The second kappa shape index (κ2) is 4.59. The fourth-order valence-electron chi connectivity index (χ4n) is 2.34. The molecule has 0 aliphatic rings. The summed E-state index contributed by atoms with van der Waals surface area (Å²) >= 11 is 0. The standard InChI is InChI=1S/C15H9NO6/c17-4-6-1-10-8(14(21)12(6)19)3-9-11(16-10)2-7(5-18)13(20)15(9)22/h1-5,16-17,20-21H. The molecule has 0 radical (unpaired) electrons. The number of aromatic amines is 1. The molecule has 2 aromatic carbocycles. The molecule has 1 heterocycles. The highest BCUT2D eigenvalue weighted by molar-refractivity contribution is 5.98. The molecule has 110 valence electrons. The molecule has 3 aromatic rings. The van der Waals surface area contributed by atoms with Crippen LogP contribution in [0.15, 0.2) is 27.8 Å². The van der Waals surface area contributed by atoms with Crippen LogP contribution in [-0.4, -0.2) is 26.6 Å². The second-order valence-electron chi connectivity index (χ2n) is 4.73. The number of aliphatic hydroxyl groups is 1. The molecular weight excluding hydrogens is 290 g/mol. The number of carbonyl (C=O) groups is 1. The Morgan fingerprint density at radius 3 is 2.23 bits per heavy atom. The Bertz CT molecular complexity index is 1110. The van der Waals surface area contributed by atoms with E-state index in [2.05, 4.69) is 4.98 Å². The van der Waals surface area contributed by atoms with Crippen LogP contribution < -0.4 is 16.1 Å². The van der Waals surface area contributed by atoms with Crippen LogP contribution in [0, 0.1) is 0 Å². The first-order valence-corrected chi connectivity index (χ1v) is 6.16. The van der Waals surface area contributed by atoms with Gasteiger partial charge in [-0.3, -0.25) is 14.4 Å². The molecule has 0 aliphatic carbocycles. The SMILES string of the molecule is O=Cc1cc2[nH]c3cc(=CO)c(=O)c(O)c3cc2c(=O)c1O. The minimum Gasteiger partial charge on any atom is -0.515 e. The lowest BCUT2D eigenvalue weighted by atomic mass is 10.1. The molecule has 3 rings (SSSR count). The Labute approximate surface area is 121 Å². The van der Waals surface area contributed by atoms with Gasteiger partial charge in [-0.2, -0.15) is 0 Å². The van der Waals surface area contributed by atoms with Crippen molar-refractivity contribution in [2.75, 3.05) is 0 Å². The number of aliphatic hydroxyl groups excluding tert-OH is 1. The largest absolute Gasteiger partial charge is 0.515 e. The summed E-state index contributed by atoms with van der Waals surface area (Å²) in [7, 11) is 0. The van der Waals surface area contributed by atoms with Crippen LogP contribution in [0.3, 0.4) is 0 Å². The lowest BCUT2D eigenvalue weighted by Gasteiger charge is -2.06. The van der Waals surface area contributed by atoms with Crippen molar-refractivity contribution in [2.24, 2.45) is 0 Å². The lowest BCUT2D eigenvalue weighted by molar-refractivity contribution is 0.112. The van der Waals surface area contributed by atoms with Gasteiger partial charge in [0.1, 0.15) is 0 Å². The first kappa shape index (κ1) is 13.6. The summed E-state index contributed by atoms with van der Waals surface area (Å²) < 4.78 is 0. The van der Waals surface area contributed by atoms with E-state index in [9.17, 15) is 24.6 Å². The average molecular weight is 299 g/mol. The summed E-state index contributed by atoms with van der Waals surface area (Å²) in [6, 6.07) is 3.83. The van der Waals surface area contributed by atoms with Gasteiger partial charge < -0.3 is 20.3 Å². The van der Waals surface area contributed by atoms with E-state index in [1.807, 2.05) is 0 Å². The van der Waals surface area contributed by atoms with Gasteiger partial charge in [-0.15, -0.1) is 0 Å². The third-order valence-corrected chi connectivity index (χ3v) is 3.47. The zero-order valence-corrected chi connectivity index (χ0v) is 11.0. The van der Waals surface area contributed by atoms with Gasteiger partial charge >= 0.3 is 0 Å². The number of phenolic OH excluding ortho intramolecular Hbond substituents is 2. The minimum atomic E-state index is -0.789. The zero-order valence-electron chi connectivity index (χ0n) is 11.0. The predicted octanol–water partition coefficient (Wildman–Crippen LogP) is 0.280. The Kier molecular flexibility index (Phi) is 2.84. The van der Waals surface area contributed by atoms with Crippen molar-refractivity contribution in [3.05, 3.63) is 49.4 Å². The molecule has 7 heteroatoms. The summed E-state index contributed by atoms with van der Waals surface area (Å²) in [5.74, 6) is -1.33. The van der Waals surface area contributed by atoms with E-state index in [1.165, 1.54) is 18.2 Å². The monoisotopic (exact) mass is 299 g/mol. The second-order valence-corrected chi connectivity index (χ2v) is 4.73. The molecular formula is C15H9NO6. The summed E-state index contributed by atoms with van der Waals surface area (Å²) in [5, 5.41) is 28.5. The fourth-order valence-corrected chi connectivity index (χ4v) is 2.34. The van der Waals surface area contributed by atoms with Gasteiger partial charge in [-0.05, 0) is 18.2 Å². The van der Waals surface area contributed by atoms with E-state index in [-0.39, 0.29) is 32.6 Å². The molecule has 0 aliphatic heterocycles. The molecule has 0 amide bonds.